The fraction of sp³-hybridized carbons (Fsp3) is 0.652. The summed E-state index contributed by atoms with van der Waals surface area (Å²) in [6, 6.07) is 3.28. The Kier molecular flexibility index (Phi) is 6.72. The second-order valence-electron chi connectivity index (χ2n) is 8.18. The Bertz CT molecular complexity index is 609. The zero-order chi connectivity index (χ0) is 18.5. The summed E-state index contributed by atoms with van der Waals surface area (Å²) >= 11 is 0. The lowest BCUT2D eigenvalue weighted by Gasteiger charge is -2.38. The lowest BCUT2D eigenvalue weighted by atomic mass is 9.68. The molecule has 3 heteroatoms. The molecule has 2 saturated carbocycles. The van der Waals surface area contributed by atoms with E-state index in [1.54, 1.807) is 12.1 Å². The second-order valence-corrected chi connectivity index (χ2v) is 8.18. The quantitative estimate of drug-likeness (QED) is 0.511. The van der Waals surface area contributed by atoms with Crippen LogP contribution in [0.1, 0.15) is 76.2 Å². The summed E-state index contributed by atoms with van der Waals surface area (Å²) in [7, 11) is 1.37. The number of ether oxygens (including phenoxy) is 1. The Balaban J connectivity index is 1.53. The summed E-state index contributed by atoms with van der Waals surface area (Å²) in [5.41, 5.74) is 0.539. The summed E-state index contributed by atoms with van der Waals surface area (Å²) in [6.45, 7) is 2.10. The second kappa shape index (κ2) is 9.01. The van der Waals surface area contributed by atoms with E-state index in [0.717, 1.165) is 43.4 Å². The SMILES string of the molecule is CC=CCC1CCC(C2CCC(c3ccc(OC)c(F)c3F)CC2)CC1. The molecule has 0 radical (unpaired) electrons. The highest BCUT2D eigenvalue weighted by molar-refractivity contribution is 5.33. The smallest absolute Gasteiger partial charge is 0.200 e. The van der Waals surface area contributed by atoms with Crippen LogP contribution in [0.3, 0.4) is 0 Å². The number of hydrogen-bond donors (Lipinski definition) is 0. The number of benzene rings is 1. The van der Waals surface area contributed by atoms with E-state index in [1.165, 1.54) is 39.2 Å². The first-order valence-electron chi connectivity index (χ1n) is 10.3. The first kappa shape index (κ1) is 19.4. The zero-order valence-corrected chi connectivity index (χ0v) is 16.1. The van der Waals surface area contributed by atoms with Gasteiger partial charge >= 0.3 is 0 Å². The van der Waals surface area contributed by atoms with Crippen LogP contribution in [0.2, 0.25) is 0 Å². The first-order chi connectivity index (χ1) is 12.6. The molecule has 0 saturated heterocycles. The van der Waals surface area contributed by atoms with Gasteiger partial charge < -0.3 is 4.74 Å². The average Bonchev–Trinajstić information content (AvgIpc) is 2.69. The Hall–Kier alpha value is -1.38. The van der Waals surface area contributed by atoms with Crippen molar-refractivity contribution in [3.8, 4) is 5.75 Å². The predicted octanol–water partition coefficient (Wildman–Crippen LogP) is 7.02. The van der Waals surface area contributed by atoms with E-state index in [4.69, 9.17) is 4.74 Å². The van der Waals surface area contributed by atoms with E-state index in [2.05, 4.69) is 19.1 Å². The van der Waals surface area contributed by atoms with Crippen LogP contribution >= 0.6 is 0 Å². The van der Waals surface area contributed by atoms with Crippen molar-refractivity contribution in [3.63, 3.8) is 0 Å². The molecule has 0 N–H and O–H groups in total. The summed E-state index contributed by atoms with van der Waals surface area (Å²) < 4.78 is 33.3. The van der Waals surface area contributed by atoms with Crippen molar-refractivity contribution in [2.24, 2.45) is 17.8 Å². The van der Waals surface area contributed by atoms with Gasteiger partial charge in [-0.25, -0.2) is 4.39 Å². The van der Waals surface area contributed by atoms with Crippen LogP contribution in [0.5, 0.6) is 5.75 Å². The van der Waals surface area contributed by atoms with Crippen LogP contribution in [0.4, 0.5) is 8.78 Å². The maximum Gasteiger partial charge on any atom is 0.200 e. The molecule has 144 valence electrons. The molecule has 0 unspecified atom stereocenters. The Morgan fingerprint density at radius 3 is 2.12 bits per heavy atom. The highest BCUT2D eigenvalue weighted by atomic mass is 19.2. The molecule has 0 bridgehead atoms. The molecule has 2 aliphatic carbocycles. The highest BCUT2D eigenvalue weighted by Gasteiger charge is 2.32. The third-order valence-electron chi connectivity index (χ3n) is 6.77. The molecule has 0 heterocycles. The van der Waals surface area contributed by atoms with Crippen molar-refractivity contribution < 1.29 is 13.5 Å². The summed E-state index contributed by atoms with van der Waals surface area (Å²) in [5, 5.41) is 0. The van der Waals surface area contributed by atoms with Gasteiger partial charge in [0.1, 0.15) is 0 Å². The number of halogens is 2. The molecule has 0 aromatic heterocycles. The van der Waals surface area contributed by atoms with E-state index in [1.807, 2.05) is 0 Å². The Morgan fingerprint density at radius 1 is 0.923 bits per heavy atom. The molecule has 2 aliphatic rings. The monoisotopic (exact) mass is 362 g/mol. The maximum atomic E-state index is 14.4. The van der Waals surface area contributed by atoms with Crippen molar-refractivity contribution >= 4 is 0 Å². The van der Waals surface area contributed by atoms with Crippen LogP contribution in [0.25, 0.3) is 0 Å². The molecule has 1 nitrogen and oxygen atoms in total. The van der Waals surface area contributed by atoms with Gasteiger partial charge in [-0.1, -0.05) is 18.2 Å². The van der Waals surface area contributed by atoms with E-state index in [-0.39, 0.29) is 11.7 Å². The van der Waals surface area contributed by atoms with Gasteiger partial charge in [-0.15, -0.1) is 0 Å². The third kappa shape index (κ3) is 4.29. The van der Waals surface area contributed by atoms with Gasteiger partial charge in [-0.3, -0.25) is 0 Å². The number of rotatable bonds is 5. The minimum Gasteiger partial charge on any atom is -0.494 e. The highest BCUT2D eigenvalue weighted by Crippen LogP contribution is 2.45. The topological polar surface area (TPSA) is 9.23 Å². The fourth-order valence-electron chi connectivity index (χ4n) is 5.15. The first-order valence-corrected chi connectivity index (χ1v) is 10.3. The van der Waals surface area contributed by atoms with E-state index < -0.39 is 11.6 Å². The van der Waals surface area contributed by atoms with Crippen LogP contribution < -0.4 is 4.74 Å². The Morgan fingerprint density at radius 2 is 1.54 bits per heavy atom. The molecule has 1 aromatic rings. The van der Waals surface area contributed by atoms with E-state index in [0.29, 0.717) is 5.56 Å². The lowest BCUT2D eigenvalue weighted by molar-refractivity contribution is 0.160. The van der Waals surface area contributed by atoms with Gasteiger partial charge in [-0.05, 0) is 100 Å². The zero-order valence-electron chi connectivity index (χ0n) is 16.1. The number of allylic oxidation sites excluding steroid dienone is 2. The molecule has 0 spiro atoms. The van der Waals surface area contributed by atoms with Gasteiger partial charge in [0.15, 0.2) is 11.6 Å². The predicted molar refractivity (Wildman–Crippen MR) is 102 cm³/mol. The number of methoxy groups -OCH3 is 1. The molecular formula is C23H32F2O. The molecular weight excluding hydrogens is 330 g/mol. The fourth-order valence-corrected chi connectivity index (χ4v) is 5.15. The molecule has 0 amide bonds. The van der Waals surface area contributed by atoms with Crippen molar-refractivity contribution in [2.45, 2.75) is 70.6 Å². The van der Waals surface area contributed by atoms with Gasteiger partial charge in [-0.2, -0.15) is 4.39 Å². The van der Waals surface area contributed by atoms with Gasteiger partial charge in [0, 0.05) is 0 Å². The average molecular weight is 363 g/mol. The molecule has 0 atom stereocenters. The van der Waals surface area contributed by atoms with Crippen LogP contribution in [-0.2, 0) is 0 Å². The van der Waals surface area contributed by atoms with Crippen LogP contribution in [0.15, 0.2) is 24.3 Å². The maximum absolute atomic E-state index is 14.4. The summed E-state index contributed by atoms with van der Waals surface area (Å²) in [5.74, 6) is 1.08. The van der Waals surface area contributed by atoms with E-state index >= 15 is 0 Å². The van der Waals surface area contributed by atoms with Crippen molar-refractivity contribution in [3.05, 3.63) is 41.5 Å². The van der Waals surface area contributed by atoms with Gasteiger partial charge in [0.2, 0.25) is 5.82 Å². The van der Waals surface area contributed by atoms with E-state index in [9.17, 15) is 8.78 Å². The summed E-state index contributed by atoms with van der Waals surface area (Å²) in [4.78, 5) is 0. The van der Waals surface area contributed by atoms with Gasteiger partial charge in [0.05, 0.1) is 7.11 Å². The largest absolute Gasteiger partial charge is 0.494 e. The molecule has 3 rings (SSSR count). The molecule has 26 heavy (non-hydrogen) atoms. The normalized spacial score (nSPS) is 29.8. The molecule has 2 fully saturated rings. The third-order valence-corrected chi connectivity index (χ3v) is 6.77. The summed E-state index contributed by atoms with van der Waals surface area (Å²) in [6.07, 6.45) is 15.4. The minimum atomic E-state index is -0.841. The lowest BCUT2D eigenvalue weighted by Crippen LogP contribution is -2.25. The van der Waals surface area contributed by atoms with Gasteiger partial charge in [0.25, 0.3) is 0 Å². The van der Waals surface area contributed by atoms with Crippen molar-refractivity contribution in [2.75, 3.05) is 7.11 Å². The minimum absolute atomic E-state index is 0.00499. The van der Waals surface area contributed by atoms with Crippen LogP contribution in [0, 0.1) is 29.4 Å². The molecule has 1 aromatic carbocycles. The van der Waals surface area contributed by atoms with Crippen LogP contribution in [-0.4, -0.2) is 7.11 Å². The Labute approximate surface area is 156 Å². The van der Waals surface area contributed by atoms with Crippen molar-refractivity contribution in [1.82, 2.24) is 0 Å². The molecule has 0 aliphatic heterocycles. The van der Waals surface area contributed by atoms with Crippen molar-refractivity contribution in [1.29, 1.82) is 0 Å². The standard InChI is InChI=1S/C23H32F2O/c1-3-4-5-16-6-8-17(9-7-16)18-10-12-19(13-11-18)20-14-15-21(26-2)23(25)22(20)24/h3-4,14-19H,5-13H2,1-2H3. The number of hydrogen-bond acceptors (Lipinski definition) is 1.